The molecule has 2 heterocycles. The van der Waals surface area contributed by atoms with E-state index in [2.05, 4.69) is 17.9 Å². The molecule has 0 spiro atoms. The number of rotatable bonds is 6. The van der Waals surface area contributed by atoms with Gasteiger partial charge in [0, 0.05) is 37.8 Å². The summed E-state index contributed by atoms with van der Waals surface area (Å²) in [5.74, 6) is 1.73. The average Bonchev–Trinajstić information content (AvgIpc) is 3.07. The lowest BCUT2D eigenvalue weighted by atomic mass is 9.99. The van der Waals surface area contributed by atoms with Crippen molar-refractivity contribution in [2.75, 3.05) is 33.3 Å². The number of hydrogen-bond acceptors (Lipinski definition) is 4. The largest absolute Gasteiger partial charge is 0.493 e. The monoisotopic (exact) mass is 380 g/mol. The van der Waals surface area contributed by atoms with Crippen molar-refractivity contribution in [1.82, 2.24) is 9.80 Å². The topological polar surface area (TPSA) is 42.0 Å². The van der Waals surface area contributed by atoms with E-state index >= 15 is 0 Å². The van der Waals surface area contributed by atoms with E-state index in [1.807, 2.05) is 47.4 Å². The van der Waals surface area contributed by atoms with Crippen LogP contribution in [0.4, 0.5) is 0 Å². The van der Waals surface area contributed by atoms with Crippen LogP contribution < -0.4 is 9.47 Å². The zero-order valence-corrected chi connectivity index (χ0v) is 16.6. The predicted molar refractivity (Wildman–Crippen MR) is 109 cm³/mol. The van der Waals surface area contributed by atoms with Crippen LogP contribution in [0.3, 0.4) is 0 Å². The van der Waals surface area contributed by atoms with Crippen LogP contribution in [0.2, 0.25) is 0 Å². The Morgan fingerprint density at radius 2 is 1.75 bits per heavy atom. The van der Waals surface area contributed by atoms with Gasteiger partial charge in [-0.05, 0) is 43.5 Å². The van der Waals surface area contributed by atoms with Crippen LogP contribution in [0.25, 0.3) is 0 Å². The molecule has 1 saturated heterocycles. The fourth-order valence-corrected chi connectivity index (χ4v) is 4.26. The summed E-state index contributed by atoms with van der Waals surface area (Å²) in [6.45, 7) is 5.64. The van der Waals surface area contributed by atoms with Gasteiger partial charge in [0.25, 0.3) is 5.91 Å². The molecule has 2 aliphatic heterocycles. The summed E-state index contributed by atoms with van der Waals surface area (Å²) in [6, 6.07) is 16.1. The lowest BCUT2D eigenvalue weighted by Crippen LogP contribution is -2.44. The van der Waals surface area contributed by atoms with E-state index in [1.165, 1.54) is 5.56 Å². The van der Waals surface area contributed by atoms with Gasteiger partial charge >= 0.3 is 0 Å². The van der Waals surface area contributed by atoms with Crippen LogP contribution >= 0.6 is 0 Å². The molecule has 2 aliphatic rings. The molecule has 0 N–H and O–H groups in total. The van der Waals surface area contributed by atoms with Crippen LogP contribution in [0.5, 0.6) is 11.5 Å². The molecule has 148 valence electrons. The van der Waals surface area contributed by atoms with Gasteiger partial charge in [0.05, 0.1) is 7.11 Å². The number of likely N-dealkylation sites (tertiary alicyclic amines) is 1. The van der Waals surface area contributed by atoms with Crippen molar-refractivity contribution in [2.45, 2.75) is 31.9 Å². The molecule has 1 fully saturated rings. The Morgan fingerprint density at radius 1 is 1.00 bits per heavy atom. The van der Waals surface area contributed by atoms with Crippen LogP contribution in [0.1, 0.15) is 29.3 Å². The zero-order chi connectivity index (χ0) is 19.5. The molecule has 0 aromatic heterocycles. The number of benzene rings is 2. The normalized spacial score (nSPS) is 22.2. The molecule has 4 rings (SSSR count). The fourth-order valence-electron chi connectivity index (χ4n) is 4.26. The standard InChI is InChI=1S/C23H28N2O3/c1-17-20(28-22-10-6-5-9-21(22)27-2)12-14-24(17)15-16-25-13-11-18-7-3-4-8-19(18)23(25)26/h3-10,17,20H,11-16H2,1-2H3/t17-,20-/m0/s1. The molecule has 2 aromatic rings. The van der Waals surface area contributed by atoms with Gasteiger partial charge < -0.3 is 14.4 Å². The minimum atomic E-state index is 0.133. The fraction of sp³-hybridized carbons (Fsp3) is 0.435. The highest BCUT2D eigenvalue weighted by Gasteiger charge is 2.33. The zero-order valence-electron chi connectivity index (χ0n) is 16.6. The summed E-state index contributed by atoms with van der Waals surface area (Å²) in [5.41, 5.74) is 2.03. The van der Waals surface area contributed by atoms with Gasteiger partial charge in [-0.15, -0.1) is 0 Å². The molecule has 0 unspecified atom stereocenters. The second kappa shape index (κ2) is 8.23. The maximum atomic E-state index is 12.7. The minimum absolute atomic E-state index is 0.133. The number of carbonyl (C=O) groups is 1. The second-order valence-electron chi connectivity index (χ2n) is 7.57. The first-order valence-electron chi connectivity index (χ1n) is 10.1. The van der Waals surface area contributed by atoms with Crippen LogP contribution in [-0.2, 0) is 6.42 Å². The van der Waals surface area contributed by atoms with Crippen LogP contribution in [-0.4, -0.2) is 61.1 Å². The summed E-state index contributed by atoms with van der Waals surface area (Å²) in [5, 5.41) is 0. The molecular weight excluding hydrogens is 352 g/mol. The third-order valence-corrected chi connectivity index (χ3v) is 6.01. The van der Waals surface area contributed by atoms with E-state index in [9.17, 15) is 4.79 Å². The van der Waals surface area contributed by atoms with Crippen molar-refractivity contribution in [3.8, 4) is 11.5 Å². The Hall–Kier alpha value is -2.53. The molecule has 1 amide bonds. The van der Waals surface area contributed by atoms with Gasteiger partial charge in [0.15, 0.2) is 11.5 Å². The third-order valence-electron chi connectivity index (χ3n) is 6.01. The summed E-state index contributed by atoms with van der Waals surface area (Å²) in [4.78, 5) is 17.2. The van der Waals surface area contributed by atoms with Crippen LogP contribution in [0, 0.1) is 0 Å². The molecule has 0 radical (unpaired) electrons. The molecule has 2 aromatic carbocycles. The molecule has 28 heavy (non-hydrogen) atoms. The van der Waals surface area contributed by atoms with Gasteiger partial charge in [-0.3, -0.25) is 9.69 Å². The van der Waals surface area contributed by atoms with Crippen molar-refractivity contribution in [2.24, 2.45) is 0 Å². The lowest BCUT2D eigenvalue weighted by molar-refractivity contribution is 0.0705. The lowest BCUT2D eigenvalue weighted by Gasteiger charge is -2.31. The second-order valence-corrected chi connectivity index (χ2v) is 7.57. The third kappa shape index (κ3) is 3.72. The molecule has 0 saturated carbocycles. The number of amides is 1. The Kier molecular flexibility index (Phi) is 5.53. The molecule has 2 atom stereocenters. The Balaban J connectivity index is 1.34. The first-order chi connectivity index (χ1) is 13.7. The smallest absolute Gasteiger partial charge is 0.254 e. The number of para-hydroxylation sites is 2. The molecular formula is C23H28N2O3. The van der Waals surface area contributed by atoms with Gasteiger partial charge in [0.2, 0.25) is 0 Å². The van der Waals surface area contributed by atoms with Gasteiger partial charge in [-0.2, -0.15) is 0 Å². The van der Waals surface area contributed by atoms with E-state index in [0.29, 0.717) is 6.04 Å². The van der Waals surface area contributed by atoms with Crippen molar-refractivity contribution < 1.29 is 14.3 Å². The first-order valence-corrected chi connectivity index (χ1v) is 10.1. The SMILES string of the molecule is COc1ccccc1O[C@H]1CCN(CCN2CCc3ccccc3C2=O)[C@H]1C. The highest BCUT2D eigenvalue weighted by Crippen LogP contribution is 2.30. The van der Waals surface area contributed by atoms with Crippen molar-refractivity contribution in [3.63, 3.8) is 0 Å². The Labute approximate surface area is 166 Å². The summed E-state index contributed by atoms with van der Waals surface area (Å²) < 4.78 is 11.7. The number of fused-ring (bicyclic) bond motifs is 1. The highest BCUT2D eigenvalue weighted by atomic mass is 16.5. The van der Waals surface area contributed by atoms with E-state index in [4.69, 9.17) is 9.47 Å². The quantitative estimate of drug-likeness (QED) is 0.772. The first kappa shape index (κ1) is 18.8. The average molecular weight is 380 g/mol. The van der Waals surface area contributed by atoms with Gasteiger partial charge in [-0.1, -0.05) is 30.3 Å². The number of carbonyl (C=O) groups excluding carboxylic acids is 1. The van der Waals surface area contributed by atoms with E-state index < -0.39 is 0 Å². The molecule has 0 aliphatic carbocycles. The number of methoxy groups -OCH3 is 1. The predicted octanol–water partition coefficient (Wildman–Crippen LogP) is 3.24. The maximum Gasteiger partial charge on any atom is 0.254 e. The van der Waals surface area contributed by atoms with E-state index in [-0.39, 0.29) is 12.0 Å². The van der Waals surface area contributed by atoms with Gasteiger partial charge in [-0.25, -0.2) is 0 Å². The van der Waals surface area contributed by atoms with Crippen molar-refractivity contribution in [3.05, 3.63) is 59.7 Å². The van der Waals surface area contributed by atoms with Gasteiger partial charge in [0.1, 0.15) is 6.10 Å². The van der Waals surface area contributed by atoms with Crippen molar-refractivity contribution in [1.29, 1.82) is 0 Å². The Morgan fingerprint density at radius 3 is 2.57 bits per heavy atom. The highest BCUT2D eigenvalue weighted by molar-refractivity contribution is 5.96. The summed E-state index contributed by atoms with van der Waals surface area (Å²) in [6.07, 6.45) is 2.06. The summed E-state index contributed by atoms with van der Waals surface area (Å²) >= 11 is 0. The van der Waals surface area contributed by atoms with E-state index in [1.54, 1.807) is 7.11 Å². The number of ether oxygens (including phenoxy) is 2. The molecule has 5 nitrogen and oxygen atoms in total. The maximum absolute atomic E-state index is 12.7. The summed E-state index contributed by atoms with van der Waals surface area (Å²) in [7, 11) is 1.67. The number of hydrogen-bond donors (Lipinski definition) is 0. The van der Waals surface area contributed by atoms with E-state index in [0.717, 1.165) is 56.1 Å². The molecule has 5 heteroatoms. The minimum Gasteiger partial charge on any atom is -0.493 e. The van der Waals surface area contributed by atoms with Crippen LogP contribution in [0.15, 0.2) is 48.5 Å². The number of nitrogens with zero attached hydrogens (tertiary/aromatic N) is 2. The Bertz CT molecular complexity index is 838. The van der Waals surface area contributed by atoms with Crippen molar-refractivity contribution >= 4 is 5.91 Å². The molecule has 0 bridgehead atoms.